The first kappa shape index (κ1) is 35.4. The van der Waals surface area contributed by atoms with Crippen molar-refractivity contribution < 1.29 is 19.2 Å². The molecule has 49 heavy (non-hydrogen) atoms. The number of carbonyl (C=O) groups is 4. The van der Waals surface area contributed by atoms with Gasteiger partial charge in [0, 0.05) is 86.1 Å². The molecule has 5 rings (SSSR count). The summed E-state index contributed by atoms with van der Waals surface area (Å²) in [5.74, 6) is -1.04. The quantitative estimate of drug-likeness (QED) is 0.162. The molecule has 0 saturated heterocycles. The van der Waals surface area contributed by atoms with Gasteiger partial charge in [-0.15, -0.1) is 0 Å². The zero-order valence-corrected chi connectivity index (χ0v) is 29.4. The van der Waals surface area contributed by atoms with Crippen molar-refractivity contribution in [1.29, 1.82) is 0 Å². The van der Waals surface area contributed by atoms with Gasteiger partial charge in [0.05, 0.1) is 6.04 Å². The first-order chi connectivity index (χ1) is 23.4. The maximum Gasteiger partial charge on any atom is 0.253 e. The van der Waals surface area contributed by atoms with Gasteiger partial charge in [0.2, 0.25) is 11.8 Å². The second-order valence-electron chi connectivity index (χ2n) is 14.0. The lowest BCUT2D eigenvalue weighted by Gasteiger charge is -2.32. The summed E-state index contributed by atoms with van der Waals surface area (Å²) >= 11 is 0. The predicted molar refractivity (Wildman–Crippen MR) is 195 cm³/mol. The van der Waals surface area contributed by atoms with Crippen LogP contribution in [0.1, 0.15) is 64.5 Å². The lowest BCUT2D eigenvalue weighted by molar-refractivity contribution is -0.137. The van der Waals surface area contributed by atoms with Crippen LogP contribution >= 0.6 is 0 Å². The van der Waals surface area contributed by atoms with E-state index in [4.69, 9.17) is 0 Å². The van der Waals surface area contributed by atoms with E-state index >= 15 is 0 Å². The summed E-state index contributed by atoms with van der Waals surface area (Å²) in [5, 5.41) is 5.73. The van der Waals surface area contributed by atoms with Crippen LogP contribution in [0.25, 0.3) is 0 Å². The van der Waals surface area contributed by atoms with Gasteiger partial charge in [0.15, 0.2) is 0 Å². The monoisotopic (exact) mass is 663 g/mol. The van der Waals surface area contributed by atoms with Gasteiger partial charge >= 0.3 is 0 Å². The number of imide groups is 1. The van der Waals surface area contributed by atoms with Crippen LogP contribution in [0.15, 0.2) is 96.8 Å². The Bertz CT molecular complexity index is 1680. The van der Waals surface area contributed by atoms with Gasteiger partial charge in [-0.3, -0.25) is 24.1 Å². The van der Waals surface area contributed by atoms with Crippen molar-refractivity contribution in [1.82, 2.24) is 15.5 Å². The molecule has 0 spiro atoms. The first-order valence-electron chi connectivity index (χ1n) is 17.2. The summed E-state index contributed by atoms with van der Waals surface area (Å²) in [6, 6.07) is 17.3. The Hall–Kier alpha value is -4.92. The molecule has 9 nitrogen and oxygen atoms in total. The summed E-state index contributed by atoms with van der Waals surface area (Å²) in [6.45, 7) is 10.8. The molecule has 2 N–H and O–H groups in total. The zero-order chi connectivity index (χ0) is 35.2. The van der Waals surface area contributed by atoms with Crippen LogP contribution in [-0.4, -0.2) is 67.8 Å². The molecule has 2 aromatic rings. The largest absolute Gasteiger partial charge is 0.364 e. The first-order valence-corrected chi connectivity index (χ1v) is 17.2. The highest BCUT2D eigenvalue weighted by molar-refractivity contribution is 6.13. The second-order valence-corrected chi connectivity index (χ2v) is 14.0. The molecule has 9 heteroatoms. The van der Waals surface area contributed by atoms with Crippen molar-refractivity contribution in [2.45, 2.75) is 70.3 Å². The average Bonchev–Trinajstić information content (AvgIpc) is 3.58. The molecule has 0 aromatic heterocycles. The van der Waals surface area contributed by atoms with Gasteiger partial charge in [-0.25, -0.2) is 0 Å². The Morgan fingerprint density at radius 1 is 0.755 bits per heavy atom. The molecule has 3 aliphatic rings. The molecule has 3 heterocycles. The van der Waals surface area contributed by atoms with Gasteiger partial charge < -0.3 is 20.4 Å². The third-order valence-corrected chi connectivity index (χ3v) is 9.96. The normalized spacial score (nSPS) is 19.8. The molecule has 258 valence electrons. The lowest BCUT2D eigenvalue weighted by Crippen LogP contribution is -2.40. The van der Waals surface area contributed by atoms with Crippen molar-refractivity contribution >= 4 is 35.0 Å². The van der Waals surface area contributed by atoms with E-state index in [1.807, 2.05) is 0 Å². The lowest BCUT2D eigenvalue weighted by atomic mass is 9.80. The number of likely N-dealkylation sites (N-methyl/N-ethyl adjacent to an activating group) is 1. The molecule has 4 amide bonds. The number of rotatable bonds is 14. The molecule has 0 radical (unpaired) electrons. The van der Waals surface area contributed by atoms with Crippen LogP contribution in [0.4, 0.5) is 11.4 Å². The van der Waals surface area contributed by atoms with Crippen molar-refractivity contribution in [3.8, 4) is 0 Å². The van der Waals surface area contributed by atoms with Crippen molar-refractivity contribution in [2.75, 3.05) is 43.0 Å². The molecular weight excluding hydrogens is 614 g/mol. The number of fused-ring (bicyclic) bond motifs is 2. The van der Waals surface area contributed by atoms with E-state index in [2.05, 4.69) is 134 Å². The van der Waals surface area contributed by atoms with Crippen molar-refractivity contribution in [2.24, 2.45) is 0 Å². The smallest absolute Gasteiger partial charge is 0.253 e. The Morgan fingerprint density at radius 3 is 2.04 bits per heavy atom. The number of anilines is 2. The van der Waals surface area contributed by atoms with E-state index in [9.17, 15) is 19.2 Å². The molecule has 0 fully saturated rings. The fourth-order valence-electron chi connectivity index (χ4n) is 7.25. The summed E-state index contributed by atoms with van der Waals surface area (Å²) < 4.78 is 0. The second kappa shape index (κ2) is 15.1. The van der Waals surface area contributed by atoms with Crippen LogP contribution in [0.2, 0.25) is 0 Å². The molecule has 0 bridgehead atoms. The standard InChI is InChI=1S/C40H49N5O4/c1-39(2)29-15-9-11-17-31(29)43(5)33(39)19-7-6-8-20-34-40(3,4)30-16-10-12-18-32(30)44(34)27-13-21-35(46)41-25-14-26-42-36(47)24-28-45-37(48)22-23-38(45)49/h6-12,15-20,22-23,34H,13-14,21,24-28H2,1-5H3,(H,41,46)(H,42,47)/b7-6+,20-8+,33-19+. The number of carbonyl (C=O) groups excluding carboxylic acids is 4. The fraction of sp³-hybridized carbons (Fsp3) is 0.400. The number of benzene rings is 2. The summed E-state index contributed by atoms with van der Waals surface area (Å²) in [4.78, 5) is 53.7. The number of amides is 4. The van der Waals surface area contributed by atoms with Crippen LogP contribution < -0.4 is 20.4 Å². The van der Waals surface area contributed by atoms with E-state index in [0.29, 0.717) is 32.4 Å². The molecule has 0 aliphatic carbocycles. The SMILES string of the molecule is CN1/C(=C/C=C/C=C/C2N(CCCC(=O)NCCCNC(=O)CCN3C(=O)C=CC3=O)c3ccccc3C2(C)C)C(C)(C)c2ccccc21. The Labute approximate surface area is 290 Å². The van der Waals surface area contributed by atoms with Crippen molar-refractivity contribution in [3.63, 3.8) is 0 Å². The topological polar surface area (TPSA) is 102 Å². The molecule has 0 saturated carbocycles. The van der Waals surface area contributed by atoms with Gasteiger partial charge in [-0.2, -0.15) is 0 Å². The van der Waals surface area contributed by atoms with E-state index in [1.165, 1.54) is 40.4 Å². The fourth-order valence-corrected chi connectivity index (χ4v) is 7.25. The number of nitrogens with one attached hydrogen (secondary N) is 2. The van der Waals surface area contributed by atoms with Gasteiger partial charge in [-0.05, 0) is 42.2 Å². The van der Waals surface area contributed by atoms with E-state index < -0.39 is 11.8 Å². The summed E-state index contributed by atoms with van der Waals surface area (Å²) in [5.41, 5.74) is 6.22. The van der Waals surface area contributed by atoms with Crippen LogP contribution in [0, 0.1) is 0 Å². The van der Waals surface area contributed by atoms with E-state index in [1.54, 1.807) is 0 Å². The highest BCUT2D eigenvalue weighted by Crippen LogP contribution is 2.47. The number of para-hydroxylation sites is 2. The molecule has 1 unspecified atom stereocenters. The van der Waals surface area contributed by atoms with E-state index in [0.717, 1.165) is 11.4 Å². The maximum absolute atomic E-state index is 12.6. The molecule has 2 aromatic carbocycles. The molecule has 1 atom stereocenters. The van der Waals surface area contributed by atoms with E-state index in [-0.39, 0.29) is 41.7 Å². The highest BCUT2D eigenvalue weighted by Gasteiger charge is 2.42. The maximum atomic E-state index is 12.6. The number of hydrogen-bond donors (Lipinski definition) is 2. The average molecular weight is 664 g/mol. The minimum absolute atomic E-state index is 0.0124. The van der Waals surface area contributed by atoms with Gasteiger partial charge in [-0.1, -0.05) is 88.4 Å². The summed E-state index contributed by atoms with van der Waals surface area (Å²) in [6.07, 6.45) is 15.0. The van der Waals surface area contributed by atoms with Crippen LogP contribution in [0.3, 0.4) is 0 Å². The Morgan fingerprint density at radius 2 is 1.37 bits per heavy atom. The minimum atomic E-state index is -0.394. The number of allylic oxidation sites excluding steroid dienone is 5. The molecular formula is C40H49N5O4. The number of nitrogens with zero attached hydrogens (tertiary/aromatic N) is 3. The molecule has 3 aliphatic heterocycles. The highest BCUT2D eigenvalue weighted by atomic mass is 16.2. The summed E-state index contributed by atoms with van der Waals surface area (Å²) in [7, 11) is 2.13. The van der Waals surface area contributed by atoms with Crippen LogP contribution in [-0.2, 0) is 30.0 Å². The third-order valence-electron chi connectivity index (χ3n) is 9.96. The third kappa shape index (κ3) is 7.71. The zero-order valence-electron chi connectivity index (χ0n) is 29.4. The van der Waals surface area contributed by atoms with Gasteiger partial charge in [0.25, 0.3) is 11.8 Å². The van der Waals surface area contributed by atoms with Crippen LogP contribution in [0.5, 0.6) is 0 Å². The Balaban J connectivity index is 1.09. The number of hydrogen-bond acceptors (Lipinski definition) is 6. The predicted octanol–water partition coefficient (Wildman–Crippen LogP) is 5.29. The Kier molecular flexibility index (Phi) is 10.9. The van der Waals surface area contributed by atoms with Gasteiger partial charge in [0.1, 0.15) is 0 Å². The van der Waals surface area contributed by atoms with Crippen molar-refractivity contribution in [3.05, 3.63) is 108 Å². The minimum Gasteiger partial charge on any atom is -0.364 e.